The number of unbranched alkanes of at least 4 members (excludes halogenated alkanes) is 1. The van der Waals surface area contributed by atoms with E-state index in [0.717, 1.165) is 47.4 Å². The van der Waals surface area contributed by atoms with E-state index in [1.165, 1.54) is 25.9 Å². The van der Waals surface area contributed by atoms with Crippen LogP contribution in [-0.4, -0.2) is 49.2 Å². The molecular weight excluding hydrogens is 384 g/mol. The van der Waals surface area contributed by atoms with Gasteiger partial charge in [-0.1, -0.05) is 0 Å². The number of hydrogen-bond acceptors (Lipinski definition) is 4. The quantitative estimate of drug-likeness (QED) is 0.765. The zero-order valence-corrected chi connectivity index (χ0v) is 14.9. The highest BCUT2D eigenvalue weighted by Crippen LogP contribution is 2.27. The summed E-state index contributed by atoms with van der Waals surface area (Å²) in [7, 11) is 0. The van der Waals surface area contributed by atoms with E-state index in [4.69, 9.17) is 5.73 Å². The van der Waals surface area contributed by atoms with Crippen molar-refractivity contribution in [3.8, 4) is 0 Å². The maximum absolute atomic E-state index is 5.56. The summed E-state index contributed by atoms with van der Waals surface area (Å²) in [5, 5.41) is 0. The Bertz CT molecular complexity index is 428. The van der Waals surface area contributed by atoms with Gasteiger partial charge in [-0.2, -0.15) is 0 Å². The molecule has 0 spiro atoms. The Kier molecular flexibility index (Phi) is 6.74. The molecule has 1 aliphatic heterocycles. The van der Waals surface area contributed by atoms with E-state index in [2.05, 4.69) is 52.7 Å². The second-order valence-electron chi connectivity index (χ2n) is 5.14. The molecule has 0 saturated carbocycles. The van der Waals surface area contributed by atoms with Gasteiger partial charge in [-0.3, -0.25) is 0 Å². The molecular formula is C14H22Br2N4. The lowest BCUT2D eigenvalue weighted by Gasteiger charge is -2.23. The Morgan fingerprint density at radius 1 is 1.15 bits per heavy atom. The Balaban J connectivity index is 1.92. The van der Waals surface area contributed by atoms with Crippen LogP contribution in [-0.2, 0) is 0 Å². The minimum absolute atomic E-state index is 0.801. The zero-order valence-electron chi connectivity index (χ0n) is 11.7. The Morgan fingerprint density at radius 2 is 2.00 bits per heavy atom. The molecule has 1 saturated heterocycles. The summed E-state index contributed by atoms with van der Waals surface area (Å²) in [5.74, 6) is 1.05. The molecule has 2 N–H and O–H groups in total. The molecule has 0 aromatic carbocycles. The summed E-state index contributed by atoms with van der Waals surface area (Å²) in [6, 6.07) is 2.06. The largest absolute Gasteiger partial charge is 0.354 e. The van der Waals surface area contributed by atoms with Gasteiger partial charge in [0.25, 0.3) is 0 Å². The fraction of sp³-hybridized carbons (Fsp3) is 0.643. The van der Waals surface area contributed by atoms with Crippen molar-refractivity contribution in [3.05, 3.63) is 21.2 Å². The lowest BCUT2D eigenvalue weighted by atomic mass is 10.3. The Labute approximate surface area is 138 Å². The van der Waals surface area contributed by atoms with Crippen LogP contribution in [0, 0.1) is 0 Å². The normalized spacial score (nSPS) is 17.2. The maximum atomic E-state index is 5.56. The summed E-state index contributed by atoms with van der Waals surface area (Å²) in [6.45, 7) is 6.36. The maximum Gasteiger partial charge on any atom is 0.142 e. The highest BCUT2D eigenvalue weighted by atomic mass is 79.9. The van der Waals surface area contributed by atoms with Crippen LogP contribution in [0.2, 0.25) is 0 Å². The first-order valence-electron chi connectivity index (χ1n) is 7.19. The summed E-state index contributed by atoms with van der Waals surface area (Å²) >= 11 is 7.06. The summed E-state index contributed by atoms with van der Waals surface area (Å²) in [5.41, 5.74) is 5.56. The molecule has 0 radical (unpaired) electrons. The van der Waals surface area contributed by atoms with E-state index in [1.807, 2.05) is 6.20 Å². The highest BCUT2D eigenvalue weighted by molar-refractivity contribution is 9.11. The van der Waals surface area contributed by atoms with Crippen molar-refractivity contribution in [2.45, 2.75) is 19.3 Å². The van der Waals surface area contributed by atoms with Crippen molar-refractivity contribution in [3.63, 3.8) is 0 Å². The molecule has 0 unspecified atom stereocenters. The average Bonchev–Trinajstić information content (AvgIpc) is 2.65. The molecule has 2 heterocycles. The molecule has 1 aromatic heterocycles. The molecule has 1 aromatic rings. The van der Waals surface area contributed by atoms with Gasteiger partial charge in [-0.25, -0.2) is 4.98 Å². The van der Waals surface area contributed by atoms with Crippen molar-refractivity contribution in [1.29, 1.82) is 0 Å². The number of aromatic nitrogens is 1. The van der Waals surface area contributed by atoms with Crippen molar-refractivity contribution >= 4 is 37.7 Å². The van der Waals surface area contributed by atoms with Crippen LogP contribution in [0.25, 0.3) is 0 Å². The van der Waals surface area contributed by atoms with Crippen molar-refractivity contribution in [2.24, 2.45) is 5.73 Å². The SMILES string of the molecule is NCCCCN1CCCN(c2ncc(Br)cc2Br)CC1. The van der Waals surface area contributed by atoms with E-state index in [1.54, 1.807) is 0 Å². The number of pyridine rings is 1. The third-order valence-electron chi connectivity index (χ3n) is 3.60. The van der Waals surface area contributed by atoms with Crippen molar-refractivity contribution in [2.75, 3.05) is 44.2 Å². The number of nitrogens with two attached hydrogens (primary N) is 1. The minimum atomic E-state index is 0.801. The van der Waals surface area contributed by atoms with E-state index in [-0.39, 0.29) is 0 Å². The van der Waals surface area contributed by atoms with Crippen molar-refractivity contribution < 1.29 is 0 Å². The molecule has 1 aliphatic rings. The van der Waals surface area contributed by atoms with Gasteiger partial charge in [0.05, 0.1) is 4.47 Å². The zero-order chi connectivity index (χ0) is 14.4. The molecule has 112 valence electrons. The van der Waals surface area contributed by atoms with E-state index >= 15 is 0 Å². The number of hydrogen-bond donors (Lipinski definition) is 1. The predicted molar refractivity (Wildman–Crippen MR) is 91.2 cm³/mol. The van der Waals surface area contributed by atoms with E-state index in [9.17, 15) is 0 Å². The van der Waals surface area contributed by atoms with E-state index in [0.29, 0.717) is 0 Å². The van der Waals surface area contributed by atoms with Crippen molar-refractivity contribution in [1.82, 2.24) is 9.88 Å². The fourth-order valence-corrected chi connectivity index (χ4v) is 3.76. The van der Waals surface area contributed by atoms with Gasteiger partial charge in [0, 0.05) is 30.3 Å². The Morgan fingerprint density at radius 3 is 2.75 bits per heavy atom. The summed E-state index contributed by atoms with van der Waals surface area (Å²) < 4.78 is 2.06. The number of rotatable bonds is 5. The lowest BCUT2D eigenvalue weighted by molar-refractivity contribution is 0.288. The molecule has 20 heavy (non-hydrogen) atoms. The van der Waals surface area contributed by atoms with Gasteiger partial charge >= 0.3 is 0 Å². The number of anilines is 1. The van der Waals surface area contributed by atoms with Crippen LogP contribution < -0.4 is 10.6 Å². The van der Waals surface area contributed by atoms with Crippen LogP contribution in [0.4, 0.5) is 5.82 Å². The first kappa shape index (κ1) is 16.2. The fourth-order valence-electron chi connectivity index (χ4n) is 2.53. The molecule has 0 amide bonds. The van der Waals surface area contributed by atoms with Gasteiger partial charge in [0.15, 0.2) is 0 Å². The smallest absolute Gasteiger partial charge is 0.142 e. The number of nitrogens with zero attached hydrogens (tertiary/aromatic N) is 3. The molecule has 6 heteroatoms. The van der Waals surface area contributed by atoms with Crippen LogP contribution in [0.5, 0.6) is 0 Å². The topological polar surface area (TPSA) is 45.4 Å². The number of halogens is 2. The average molecular weight is 406 g/mol. The lowest BCUT2D eigenvalue weighted by Crippen LogP contribution is -2.32. The van der Waals surface area contributed by atoms with Crippen LogP contribution in [0.1, 0.15) is 19.3 Å². The second-order valence-corrected chi connectivity index (χ2v) is 6.91. The summed E-state index contributed by atoms with van der Waals surface area (Å²) in [4.78, 5) is 9.46. The summed E-state index contributed by atoms with van der Waals surface area (Å²) in [6.07, 6.45) is 5.38. The second kappa shape index (κ2) is 8.32. The molecule has 1 fully saturated rings. The van der Waals surface area contributed by atoms with Crippen LogP contribution >= 0.6 is 31.9 Å². The first-order chi connectivity index (χ1) is 9.70. The molecule has 2 rings (SSSR count). The van der Waals surface area contributed by atoms with Gasteiger partial charge < -0.3 is 15.5 Å². The molecule has 0 aliphatic carbocycles. The molecule has 0 bridgehead atoms. The van der Waals surface area contributed by atoms with Gasteiger partial charge in [0.2, 0.25) is 0 Å². The van der Waals surface area contributed by atoms with Gasteiger partial charge in [0.1, 0.15) is 5.82 Å². The standard InChI is InChI=1S/C14H22Br2N4/c15-12-10-13(16)14(18-11-12)20-7-3-6-19(8-9-20)5-2-1-4-17/h10-11H,1-9,17H2. The van der Waals surface area contributed by atoms with E-state index < -0.39 is 0 Å². The third-order valence-corrected chi connectivity index (χ3v) is 4.62. The minimum Gasteiger partial charge on any atom is -0.354 e. The molecule has 4 nitrogen and oxygen atoms in total. The monoisotopic (exact) mass is 404 g/mol. The van der Waals surface area contributed by atoms with Gasteiger partial charge in [-0.15, -0.1) is 0 Å². The van der Waals surface area contributed by atoms with Crippen LogP contribution in [0.3, 0.4) is 0 Å². The third kappa shape index (κ3) is 4.69. The first-order valence-corrected chi connectivity index (χ1v) is 8.77. The Hall–Kier alpha value is -0.170. The predicted octanol–water partition coefficient (Wildman–Crippen LogP) is 2.86. The highest BCUT2D eigenvalue weighted by Gasteiger charge is 2.17. The van der Waals surface area contributed by atoms with Crippen LogP contribution in [0.15, 0.2) is 21.2 Å². The molecule has 0 atom stereocenters. The van der Waals surface area contributed by atoms with Gasteiger partial charge in [-0.05, 0) is 76.8 Å².